The highest BCUT2D eigenvalue weighted by molar-refractivity contribution is 7.89. The van der Waals surface area contributed by atoms with Crippen molar-refractivity contribution in [3.05, 3.63) is 29.8 Å². The van der Waals surface area contributed by atoms with E-state index in [1.54, 1.807) is 16.4 Å². The van der Waals surface area contributed by atoms with E-state index < -0.39 is 10.0 Å². The lowest BCUT2D eigenvalue weighted by Gasteiger charge is -2.36. The van der Waals surface area contributed by atoms with Crippen LogP contribution in [0.15, 0.2) is 29.2 Å². The molecule has 0 atom stereocenters. The number of hydrogen-bond donors (Lipinski definition) is 1. The molecule has 2 rings (SSSR count). The lowest BCUT2D eigenvalue weighted by Crippen LogP contribution is -2.58. The molecule has 1 aliphatic rings. The van der Waals surface area contributed by atoms with Crippen molar-refractivity contribution in [1.82, 2.24) is 9.62 Å². The molecule has 1 aliphatic heterocycles. The van der Waals surface area contributed by atoms with Gasteiger partial charge in [-0.2, -0.15) is 4.31 Å². The van der Waals surface area contributed by atoms with Gasteiger partial charge in [-0.15, -0.1) is 0 Å². The molecule has 5 heteroatoms. The molecule has 0 unspecified atom stereocenters. The van der Waals surface area contributed by atoms with Crippen molar-refractivity contribution in [3.63, 3.8) is 0 Å². The van der Waals surface area contributed by atoms with Crippen LogP contribution in [-0.4, -0.2) is 38.4 Å². The van der Waals surface area contributed by atoms with Crippen LogP contribution >= 0.6 is 0 Å². The number of hydrogen-bond acceptors (Lipinski definition) is 3. The first kappa shape index (κ1) is 12.5. The van der Waals surface area contributed by atoms with Gasteiger partial charge in [0, 0.05) is 25.7 Å². The maximum atomic E-state index is 12.5. The molecular formula is C12H18N2O2S. The van der Waals surface area contributed by atoms with Crippen molar-refractivity contribution in [1.29, 1.82) is 0 Å². The first-order valence-corrected chi connectivity index (χ1v) is 7.29. The zero-order chi connectivity index (χ0) is 12.5. The van der Waals surface area contributed by atoms with Crippen LogP contribution < -0.4 is 5.32 Å². The quantitative estimate of drug-likeness (QED) is 0.871. The van der Waals surface area contributed by atoms with E-state index in [4.69, 9.17) is 0 Å². The summed E-state index contributed by atoms with van der Waals surface area (Å²) in [6, 6.07) is 7.24. The van der Waals surface area contributed by atoms with Crippen LogP contribution in [0.4, 0.5) is 0 Å². The van der Waals surface area contributed by atoms with Gasteiger partial charge in [-0.25, -0.2) is 8.42 Å². The van der Waals surface area contributed by atoms with Gasteiger partial charge in [0.25, 0.3) is 0 Å². The number of nitrogens with one attached hydrogen (secondary N) is 1. The number of likely N-dealkylation sites (N-methyl/N-ethyl adjacent to an activating group) is 1. The number of aryl methyl sites for hydroxylation is 1. The Morgan fingerprint density at radius 1 is 1.35 bits per heavy atom. The highest BCUT2D eigenvalue weighted by Gasteiger charge is 2.34. The van der Waals surface area contributed by atoms with Gasteiger partial charge in [0.1, 0.15) is 0 Å². The molecule has 4 nitrogen and oxygen atoms in total. The molecule has 0 amide bonds. The van der Waals surface area contributed by atoms with Gasteiger partial charge in [-0.1, -0.05) is 25.1 Å². The fraction of sp³-hybridized carbons (Fsp3) is 0.500. The lowest BCUT2D eigenvalue weighted by molar-refractivity contribution is 0.249. The second kappa shape index (κ2) is 4.76. The summed E-state index contributed by atoms with van der Waals surface area (Å²) in [5, 5.41) is 3.11. The van der Waals surface area contributed by atoms with Gasteiger partial charge < -0.3 is 5.32 Å². The second-order valence-electron chi connectivity index (χ2n) is 4.29. The van der Waals surface area contributed by atoms with E-state index in [0.717, 1.165) is 18.7 Å². The minimum atomic E-state index is -3.35. The minimum absolute atomic E-state index is 0.101. The average Bonchev–Trinajstić information content (AvgIpc) is 2.23. The Hall–Kier alpha value is -0.910. The molecule has 0 spiro atoms. The van der Waals surface area contributed by atoms with Crippen molar-refractivity contribution >= 4 is 10.0 Å². The summed E-state index contributed by atoms with van der Waals surface area (Å²) in [5.74, 6) is 0. The molecule has 0 saturated carbocycles. The molecule has 1 aromatic carbocycles. The SMILES string of the molecule is CCN(C1CNC1)S(=O)(=O)c1ccccc1C. The molecule has 1 N–H and O–H groups in total. The van der Waals surface area contributed by atoms with Gasteiger partial charge in [-0.05, 0) is 18.6 Å². The summed E-state index contributed by atoms with van der Waals surface area (Å²) in [6.07, 6.45) is 0. The fourth-order valence-electron chi connectivity index (χ4n) is 2.07. The molecule has 17 heavy (non-hydrogen) atoms. The maximum absolute atomic E-state index is 12.5. The van der Waals surface area contributed by atoms with E-state index in [-0.39, 0.29) is 6.04 Å². The third-order valence-electron chi connectivity index (χ3n) is 3.16. The van der Waals surface area contributed by atoms with Crippen LogP contribution in [0.1, 0.15) is 12.5 Å². The van der Waals surface area contributed by atoms with Crippen LogP contribution in [0.3, 0.4) is 0 Å². The Kier molecular flexibility index (Phi) is 3.51. The molecule has 1 heterocycles. The summed E-state index contributed by atoms with van der Waals surface area (Å²) in [7, 11) is -3.35. The van der Waals surface area contributed by atoms with Crippen LogP contribution in [0.2, 0.25) is 0 Å². The molecule has 0 bridgehead atoms. The Labute approximate surface area is 103 Å². The molecule has 94 valence electrons. The van der Waals surface area contributed by atoms with E-state index >= 15 is 0 Å². The number of nitrogens with zero attached hydrogens (tertiary/aromatic N) is 1. The van der Waals surface area contributed by atoms with E-state index in [0.29, 0.717) is 11.4 Å². The van der Waals surface area contributed by atoms with Crippen LogP contribution in [0.25, 0.3) is 0 Å². The highest BCUT2D eigenvalue weighted by atomic mass is 32.2. The first-order valence-electron chi connectivity index (χ1n) is 5.85. The number of rotatable bonds is 4. The van der Waals surface area contributed by atoms with Crippen molar-refractivity contribution in [2.45, 2.75) is 24.8 Å². The molecule has 0 aliphatic carbocycles. The van der Waals surface area contributed by atoms with Crippen LogP contribution in [0, 0.1) is 6.92 Å². The second-order valence-corrected chi connectivity index (χ2v) is 6.14. The minimum Gasteiger partial charge on any atom is -0.313 e. The van der Waals surface area contributed by atoms with E-state index in [9.17, 15) is 8.42 Å². The normalized spacial score (nSPS) is 17.1. The van der Waals surface area contributed by atoms with Gasteiger partial charge in [-0.3, -0.25) is 0 Å². The molecular weight excluding hydrogens is 236 g/mol. The maximum Gasteiger partial charge on any atom is 0.243 e. The van der Waals surface area contributed by atoms with Gasteiger partial charge in [0.05, 0.1) is 4.90 Å². The zero-order valence-corrected chi connectivity index (χ0v) is 11.0. The third kappa shape index (κ3) is 2.22. The van der Waals surface area contributed by atoms with E-state index in [1.807, 2.05) is 26.0 Å². The molecule has 1 saturated heterocycles. The topological polar surface area (TPSA) is 49.4 Å². The van der Waals surface area contributed by atoms with Gasteiger partial charge in [0.15, 0.2) is 0 Å². The Balaban J connectivity index is 2.37. The van der Waals surface area contributed by atoms with Crippen LogP contribution in [-0.2, 0) is 10.0 Å². The van der Waals surface area contributed by atoms with Crippen molar-refractivity contribution in [2.75, 3.05) is 19.6 Å². The number of benzene rings is 1. The molecule has 0 aromatic heterocycles. The summed E-state index contributed by atoms with van der Waals surface area (Å²) in [5.41, 5.74) is 0.804. The van der Waals surface area contributed by atoms with Crippen molar-refractivity contribution < 1.29 is 8.42 Å². The van der Waals surface area contributed by atoms with E-state index in [1.165, 1.54) is 0 Å². The summed E-state index contributed by atoms with van der Waals surface area (Å²) < 4.78 is 26.6. The Morgan fingerprint density at radius 2 is 2.00 bits per heavy atom. The van der Waals surface area contributed by atoms with Gasteiger partial charge in [0.2, 0.25) is 10.0 Å². The summed E-state index contributed by atoms with van der Waals surface area (Å²) in [4.78, 5) is 0.425. The average molecular weight is 254 g/mol. The molecule has 0 radical (unpaired) electrons. The summed E-state index contributed by atoms with van der Waals surface area (Å²) >= 11 is 0. The standard InChI is InChI=1S/C12H18N2O2S/c1-3-14(11-8-13-9-11)17(15,16)12-7-5-4-6-10(12)2/h4-7,11,13H,3,8-9H2,1-2H3. The van der Waals surface area contributed by atoms with Crippen molar-refractivity contribution in [3.8, 4) is 0 Å². The third-order valence-corrected chi connectivity index (χ3v) is 5.35. The summed E-state index contributed by atoms with van der Waals surface area (Å²) in [6.45, 7) is 5.73. The lowest BCUT2D eigenvalue weighted by atomic mass is 10.2. The monoisotopic (exact) mass is 254 g/mol. The van der Waals surface area contributed by atoms with E-state index in [2.05, 4.69) is 5.32 Å². The van der Waals surface area contributed by atoms with Crippen LogP contribution in [0.5, 0.6) is 0 Å². The largest absolute Gasteiger partial charge is 0.313 e. The predicted octanol–water partition coefficient (Wildman–Crippen LogP) is 0.977. The fourth-order valence-corrected chi connectivity index (χ4v) is 3.93. The number of sulfonamides is 1. The molecule has 1 aromatic rings. The Morgan fingerprint density at radius 3 is 2.47 bits per heavy atom. The first-order chi connectivity index (χ1) is 8.07. The van der Waals surface area contributed by atoms with Gasteiger partial charge >= 0.3 is 0 Å². The van der Waals surface area contributed by atoms with Crippen molar-refractivity contribution in [2.24, 2.45) is 0 Å². The highest BCUT2D eigenvalue weighted by Crippen LogP contribution is 2.22. The predicted molar refractivity (Wildman–Crippen MR) is 67.4 cm³/mol. The zero-order valence-electron chi connectivity index (χ0n) is 10.2. The molecule has 1 fully saturated rings. The Bertz CT molecular complexity index is 495. The smallest absolute Gasteiger partial charge is 0.243 e.